The monoisotopic (exact) mass is 388 g/mol. The van der Waals surface area contributed by atoms with E-state index in [0.717, 1.165) is 47.4 Å². The predicted octanol–water partition coefficient (Wildman–Crippen LogP) is 3.30. The quantitative estimate of drug-likeness (QED) is 0.742. The smallest absolute Gasteiger partial charge is 0.307 e. The number of carboxylic acids is 1. The van der Waals surface area contributed by atoms with Crippen LogP contribution < -0.4 is 4.90 Å². The second-order valence-electron chi connectivity index (χ2n) is 6.77. The van der Waals surface area contributed by atoms with Crippen molar-refractivity contribution in [2.75, 3.05) is 11.9 Å². The van der Waals surface area contributed by atoms with Crippen LogP contribution in [0.5, 0.6) is 0 Å². The first-order valence-electron chi connectivity index (χ1n) is 8.65. The van der Waals surface area contributed by atoms with E-state index in [1.165, 1.54) is 0 Å². The number of aliphatic carboxylic acids is 1. The van der Waals surface area contributed by atoms with Gasteiger partial charge >= 0.3 is 5.97 Å². The molecule has 3 heterocycles. The highest BCUT2D eigenvalue weighted by Gasteiger charge is 2.28. The third kappa shape index (κ3) is 3.23. The number of halogens is 2. The Hall–Kier alpha value is -2.67. The molecule has 0 aliphatic carbocycles. The van der Waals surface area contributed by atoms with E-state index in [2.05, 4.69) is 14.5 Å². The van der Waals surface area contributed by atoms with Crippen molar-refractivity contribution in [3.63, 3.8) is 0 Å². The molecular formula is C19H18ClFN4O2. The summed E-state index contributed by atoms with van der Waals surface area (Å²) in [6, 6.07) is 5.70. The molecule has 0 spiro atoms. The molecule has 0 bridgehead atoms. The molecule has 1 N–H and O–H groups in total. The molecule has 4 rings (SSSR count). The zero-order chi connectivity index (χ0) is 19.1. The number of likely N-dealkylation sites (N-methyl/N-ethyl adjacent to an activating group) is 1. The van der Waals surface area contributed by atoms with Crippen molar-refractivity contribution >= 4 is 34.4 Å². The highest BCUT2D eigenvalue weighted by Crippen LogP contribution is 2.34. The Balaban J connectivity index is 1.72. The Morgan fingerprint density at radius 2 is 2.15 bits per heavy atom. The lowest BCUT2D eigenvalue weighted by molar-refractivity contribution is -0.136. The molecule has 6 nitrogen and oxygen atoms in total. The number of aromatic nitrogens is 3. The van der Waals surface area contributed by atoms with Gasteiger partial charge in [0, 0.05) is 41.3 Å². The van der Waals surface area contributed by atoms with Crippen molar-refractivity contribution in [3.8, 4) is 0 Å². The van der Waals surface area contributed by atoms with Crippen LogP contribution >= 0.6 is 11.6 Å². The number of carbonyl (C=O) groups is 1. The number of fused-ring (bicyclic) bond motifs is 3. The molecule has 140 valence electrons. The Morgan fingerprint density at radius 3 is 2.85 bits per heavy atom. The summed E-state index contributed by atoms with van der Waals surface area (Å²) in [5.41, 5.74) is 2.85. The summed E-state index contributed by atoms with van der Waals surface area (Å²) in [4.78, 5) is 21.4. The van der Waals surface area contributed by atoms with Gasteiger partial charge in [-0.25, -0.2) is 14.4 Å². The van der Waals surface area contributed by atoms with Crippen LogP contribution in [0.2, 0.25) is 5.02 Å². The van der Waals surface area contributed by atoms with Crippen LogP contribution in [0.1, 0.15) is 17.7 Å². The summed E-state index contributed by atoms with van der Waals surface area (Å²) in [5.74, 6) is -0.857. The van der Waals surface area contributed by atoms with E-state index in [1.54, 1.807) is 0 Å². The van der Waals surface area contributed by atoms with Crippen molar-refractivity contribution in [2.45, 2.75) is 31.8 Å². The number of anilines is 1. The standard InChI is InChI=1S/C19H18ClFN4O2/c1-24(19-22-8-12(21)9-23-19)13-3-5-17-15(7-18(26)27)14-6-11(20)2-4-16(14)25(17)10-13/h2,4,6,8-9,13H,3,5,7,10H2,1H3,(H,26,27). The van der Waals surface area contributed by atoms with E-state index in [-0.39, 0.29) is 12.5 Å². The number of rotatable bonds is 4. The fourth-order valence-corrected chi connectivity index (χ4v) is 4.04. The molecule has 1 aliphatic rings. The Kier molecular flexibility index (Phi) is 4.47. The molecule has 0 fully saturated rings. The van der Waals surface area contributed by atoms with Gasteiger partial charge in [-0.3, -0.25) is 4.79 Å². The van der Waals surface area contributed by atoms with Gasteiger partial charge in [-0.2, -0.15) is 0 Å². The van der Waals surface area contributed by atoms with Crippen LogP contribution in [0.25, 0.3) is 10.9 Å². The van der Waals surface area contributed by atoms with Gasteiger partial charge in [0.2, 0.25) is 5.95 Å². The molecule has 1 atom stereocenters. The second kappa shape index (κ2) is 6.81. The first kappa shape index (κ1) is 17.7. The molecule has 0 saturated carbocycles. The van der Waals surface area contributed by atoms with E-state index in [0.29, 0.717) is 17.5 Å². The fraction of sp³-hybridized carbons (Fsp3) is 0.316. The summed E-state index contributed by atoms with van der Waals surface area (Å²) in [7, 11) is 1.89. The van der Waals surface area contributed by atoms with Crippen LogP contribution in [-0.4, -0.2) is 38.7 Å². The first-order valence-corrected chi connectivity index (χ1v) is 9.03. The molecule has 0 amide bonds. The molecule has 2 aromatic heterocycles. The highest BCUT2D eigenvalue weighted by atomic mass is 35.5. The van der Waals surface area contributed by atoms with Gasteiger partial charge in [0.05, 0.1) is 18.8 Å². The lowest BCUT2D eigenvalue weighted by atomic mass is 9.99. The average molecular weight is 389 g/mol. The van der Waals surface area contributed by atoms with E-state index in [9.17, 15) is 14.3 Å². The molecule has 1 unspecified atom stereocenters. The molecule has 1 aliphatic heterocycles. The maximum absolute atomic E-state index is 13.1. The van der Waals surface area contributed by atoms with Crippen LogP contribution in [-0.2, 0) is 24.2 Å². The van der Waals surface area contributed by atoms with E-state index in [4.69, 9.17) is 11.6 Å². The van der Waals surface area contributed by atoms with Crippen molar-refractivity contribution in [3.05, 3.63) is 52.7 Å². The summed E-state index contributed by atoms with van der Waals surface area (Å²) >= 11 is 6.15. The Labute approximate surface area is 160 Å². The minimum absolute atomic E-state index is 0.0270. The van der Waals surface area contributed by atoms with Crippen LogP contribution in [0.4, 0.5) is 10.3 Å². The van der Waals surface area contributed by atoms with E-state index < -0.39 is 11.8 Å². The topological polar surface area (TPSA) is 71.2 Å². The van der Waals surface area contributed by atoms with Crippen LogP contribution in [0.3, 0.4) is 0 Å². The minimum atomic E-state index is -0.857. The summed E-state index contributed by atoms with van der Waals surface area (Å²) in [5, 5.41) is 10.8. The summed E-state index contributed by atoms with van der Waals surface area (Å²) < 4.78 is 15.3. The predicted molar refractivity (Wildman–Crippen MR) is 101 cm³/mol. The molecule has 8 heteroatoms. The highest BCUT2D eigenvalue weighted by molar-refractivity contribution is 6.31. The van der Waals surface area contributed by atoms with Crippen molar-refractivity contribution in [2.24, 2.45) is 0 Å². The number of hydrogen-bond acceptors (Lipinski definition) is 4. The Bertz CT molecular complexity index is 1020. The number of hydrogen-bond donors (Lipinski definition) is 1. The third-order valence-electron chi connectivity index (χ3n) is 5.15. The molecule has 3 aromatic rings. The largest absolute Gasteiger partial charge is 0.481 e. The second-order valence-corrected chi connectivity index (χ2v) is 7.21. The zero-order valence-electron chi connectivity index (χ0n) is 14.7. The van der Waals surface area contributed by atoms with Gasteiger partial charge in [0.1, 0.15) is 0 Å². The summed E-state index contributed by atoms with van der Waals surface area (Å²) in [6.45, 7) is 0.671. The van der Waals surface area contributed by atoms with Crippen molar-refractivity contribution < 1.29 is 14.3 Å². The average Bonchev–Trinajstić information content (AvgIpc) is 2.94. The van der Waals surface area contributed by atoms with E-state index >= 15 is 0 Å². The molecule has 1 aromatic carbocycles. The van der Waals surface area contributed by atoms with Gasteiger partial charge in [0.25, 0.3) is 0 Å². The van der Waals surface area contributed by atoms with Crippen molar-refractivity contribution in [1.29, 1.82) is 0 Å². The lowest BCUT2D eigenvalue weighted by Crippen LogP contribution is -2.40. The third-order valence-corrected chi connectivity index (χ3v) is 5.39. The maximum atomic E-state index is 13.1. The zero-order valence-corrected chi connectivity index (χ0v) is 15.4. The van der Waals surface area contributed by atoms with Crippen LogP contribution in [0.15, 0.2) is 30.6 Å². The van der Waals surface area contributed by atoms with Crippen molar-refractivity contribution in [1.82, 2.24) is 14.5 Å². The lowest BCUT2D eigenvalue weighted by Gasteiger charge is -2.33. The molecule has 0 saturated heterocycles. The van der Waals surface area contributed by atoms with E-state index in [1.807, 2.05) is 30.1 Å². The van der Waals surface area contributed by atoms with Gasteiger partial charge in [-0.15, -0.1) is 0 Å². The molecular weight excluding hydrogens is 371 g/mol. The minimum Gasteiger partial charge on any atom is -0.481 e. The number of benzene rings is 1. The van der Waals surface area contributed by atoms with Gasteiger partial charge < -0.3 is 14.6 Å². The van der Waals surface area contributed by atoms with Gasteiger partial charge in [0.15, 0.2) is 5.82 Å². The van der Waals surface area contributed by atoms with Gasteiger partial charge in [-0.1, -0.05) is 11.6 Å². The fourth-order valence-electron chi connectivity index (χ4n) is 3.86. The summed E-state index contributed by atoms with van der Waals surface area (Å²) in [6.07, 6.45) is 3.86. The van der Waals surface area contributed by atoms with Gasteiger partial charge in [-0.05, 0) is 36.6 Å². The normalized spacial score (nSPS) is 16.3. The Morgan fingerprint density at radius 1 is 1.41 bits per heavy atom. The maximum Gasteiger partial charge on any atom is 0.307 e. The molecule has 27 heavy (non-hydrogen) atoms. The van der Waals surface area contributed by atoms with Crippen LogP contribution in [0, 0.1) is 5.82 Å². The first-order chi connectivity index (χ1) is 12.9. The SMILES string of the molecule is CN(c1ncc(F)cn1)C1CCc2c(CC(=O)O)c3cc(Cl)ccc3n2C1. The molecule has 0 radical (unpaired) electrons. The number of nitrogens with zero attached hydrogens (tertiary/aromatic N) is 4. The number of carboxylic acid groups (broad SMARTS) is 1.